The first-order valence-electron chi connectivity index (χ1n) is 8.63. The largest absolute Gasteiger partial charge is 0.481 e. The predicted molar refractivity (Wildman–Crippen MR) is 109 cm³/mol. The molecule has 0 spiro atoms. The summed E-state index contributed by atoms with van der Waals surface area (Å²) in [6, 6.07) is 8.40. The second-order valence-corrected chi connectivity index (χ2v) is 7.37. The number of halogens is 1. The third kappa shape index (κ3) is 7.17. The molecule has 0 radical (unpaired) electrons. The average Bonchev–Trinajstić information content (AvgIpc) is 3.03. The molecule has 0 atom stereocenters. The third-order valence-electron chi connectivity index (χ3n) is 4.03. The first-order valence-corrected chi connectivity index (χ1v) is 9.89. The summed E-state index contributed by atoms with van der Waals surface area (Å²) in [5.41, 5.74) is 4.03. The summed E-state index contributed by atoms with van der Waals surface area (Å²) in [4.78, 5) is 20.5. The Balaban J connectivity index is 0.000000279. The normalized spacial score (nSPS) is 13.4. The van der Waals surface area contributed by atoms with Gasteiger partial charge in [0, 0.05) is 9.90 Å². The molecule has 0 aliphatic carbocycles. The number of nitrogens with one attached hydrogen (secondary N) is 1. The summed E-state index contributed by atoms with van der Waals surface area (Å²) in [5, 5.41) is 22.2. The molecule has 0 unspecified atom stereocenters. The van der Waals surface area contributed by atoms with Crippen molar-refractivity contribution < 1.29 is 19.8 Å². The number of aliphatic carboxylic acids is 2. The molecule has 1 aliphatic rings. The van der Waals surface area contributed by atoms with Gasteiger partial charge in [0.1, 0.15) is 0 Å². The van der Waals surface area contributed by atoms with Gasteiger partial charge in [-0.05, 0) is 66.2 Å². The SMILES string of the molecule is Clc1ccc2c(c1/C=C/c1cccs1)CCNCC2.O=C(O)CCC(=O)O. The van der Waals surface area contributed by atoms with Crippen molar-refractivity contribution in [3.8, 4) is 0 Å². The molecule has 2 heterocycles. The monoisotopic (exact) mass is 407 g/mol. The van der Waals surface area contributed by atoms with Crippen molar-refractivity contribution in [2.75, 3.05) is 13.1 Å². The van der Waals surface area contributed by atoms with E-state index < -0.39 is 11.9 Å². The fourth-order valence-corrected chi connectivity index (χ4v) is 3.58. The van der Waals surface area contributed by atoms with Crippen LogP contribution in [0.3, 0.4) is 0 Å². The van der Waals surface area contributed by atoms with Gasteiger partial charge in [0.25, 0.3) is 0 Å². The lowest BCUT2D eigenvalue weighted by molar-refractivity contribution is -0.143. The number of thiophene rings is 1. The van der Waals surface area contributed by atoms with Crippen LogP contribution in [0, 0.1) is 0 Å². The van der Waals surface area contributed by atoms with Crippen LogP contribution in [0.15, 0.2) is 29.6 Å². The summed E-state index contributed by atoms with van der Waals surface area (Å²) in [5.74, 6) is -2.15. The lowest BCUT2D eigenvalue weighted by Crippen LogP contribution is -2.16. The van der Waals surface area contributed by atoms with Crippen LogP contribution in [-0.4, -0.2) is 35.2 Å². The Kier molecular flexibility index (Phi) is 8.51. The van der Waals surface area contributed by atoms with Crippen molar-refractivity contribution in [2.45, 2.75) is 25.7 Å². The van der Waals surface area contributed by atoms with Crippen LogP contribution in [0.1, 0.15) is 34.4 Å². The van der Waals surface area contributed by atoms with Crippen LogP contribution in [0.25, 0.3) is 12.2 Å². The smallest absolute Gasteiger partial charge is 0.303 e. The number of hydrogen-bond donors (Lipinski definition) is 3. The van der Waals surface area contributed by atoms with Crippen molar-refractivity contribution in [3.63, 3.8) is 0 Å². The zero-order valence-corrected chi connectivity index (χ0v) is 16.4. The van der Waals surface area contributed by atoms with E-state index in [1.165, 1.54) is 21.6 Å². The Morgan fingerprint density at radius 2 is 1.78 bits per heavy atom. The highest BCUT2D eigenvalue weighted by molar-refractivity contribution is 7.10. The number of rotatable bonds is 5. The highest BCUT2D eigenvalue weighted by atomic mass is 35.5. The van der Waals surface area contributed by atoms with E-state index in [1.807, 2.05) is 6.07 Å². The van der Waals surface area contributed by atoms with Gasteiger partial charge < -0.3 is 15.5 Å². The van der Waals surface area contributed by atoms with Crippen LogP contribution in [0.4, 0.5) is 0 Å². The molecule has 0 saturated heterocycles. The zero-order chi connectivity index (χ0) is 19.6. The molecule has 0 amide bonds. The molecule has 0 bridgehead atoms. The molecule has 2 aromatic rings. The van der Waals surface area contributed by atoms with Gasteiger partial charge in [0.2, 0.25) is 0 Å². The van der Waals surface area contributed by atoms with Crippen molar-refractivity contribution in [1.82, 2.24) is 5.32 Å². The van der Waals surface area contributed by atoms with E-state index in [2.05, 4.69) is 41.0 Å². The minimum absolute atomic E-state index is 0.296. The molecule has 144 valence electrons. The number of carboxylic acid groups (broad SMARTS) is 2. The molecule has 1 aliphatic heterocycles. The lowest BCUT2D eigenvalue weighted by atomic mass is 9.96. The molecule has 0 fully saturated rings. The van der Waals surface area contributed by atoms with Crippen LogP contribution in [0.5, 0.6) is 0 Å². The second-order valence-electron chi connectivity index (χ2n) is 5.98. The molecule has 1 aromatic carbocycles. The summed E-state index contributed by atoms with van der Waals surface area (Å²) in [7, 11) is 0. The van der Waals surface area contributed by atoms with Crippen LogP contribution in [0.2, 0.25) is 5.02 Å². The lowest BCUT2D eigenvalue weighted by Gasteiger charge is -2.11. The van der Waals surface area contributed by atoms with E-state index >= 15 is 0 Å². The van der Waals surface area contributed by atoms with Gasteiger partial charge in [-0.1, -0.05) is 29.8 Å². The van der Waals surface area contributed by atoms with Crippen LogP contribution >= 0.6 is 22.9 Å². The molecule has 7 heteroatoms. The molecule has 5 nitrogen and oxygen atoms in total. The summed E-state index contributed by atoms with van der Waals surface area (Å²) < 4.78 is 0. The topological polar surface area (TPSA) is 86.6 Å². The van der Waals surface area contributed by atoms with Gasteiger partial charge in [0.05, 0.1) is 12.8 Å². The maximum Gasteiger partial charge on any atom is 0.303 e. The predicted octanol–water partition coefficient (Wildman–Crippen LogP) is 4.20. The molecular formula is C20H22ClNO4S. The standard InChI is InChI=1S/C16H16ClNS.C4H6O4/c17-16-6-3-12-7-9-18-10-8-14(12)15(16)5-4-13-2-1-11-19-13;5-3(6)1-2-4(7)8/h1-6,11,18H,7-10H2;1-2H2,(H,5,6)(H,7,8)/b5-4+;. The highest BCUT2D eigenvalue weighted by Gasteiger charge is 2.12. The minimum Gasteiger partial charge on any atom is -0.481 e. The summed E-state index contributed by atoms with van der Waals surface area (Å²) >= 11 is 8.13. The molecule has 1 aromatic heterocycles. The Morgan fingerprint density at radius 3 is 2.41 bits per heavy atom. The van der Waals surface area contributed by atoms with E-state index in [0.717, 1.165) is 31.0 Å². The van der Waals surface area contributed by atoms with E-state index in [-0.39, 0.29) is 12.8 Å². The minimum atomic E-state index is -1.08. The Morgan fingerprint density at radius 1 is 1.07 bits per heavy atom. The second kappa shape index (κ2) is 10.9. The first-order chi connectivity index (χ1) is 13.0. The van der Waals surface area contributed by atoms with Crippen molar-refractivity contribution in [3.05, 3.63) is 56.2 Å². The zero-order valence-electron chi connectivity index (χ0n) is 14.8. The third-order valence-corrected chi connectivity index (χ3v) is 5.20. The van der Waals surface area contributed by atoms with Crippen LogP contribution < -0.4 is 5.32 Å². The Labute approximate surface area is 167 Å². The summed E-state index contributed by atoms with van der Waals surface area (Å²) in [6.45, 7) is 2.09. The van der Waals surface area contributed by atoms with Gasteiger partial charge in [-0.2, -0.15) is 0 Å². The molecular weight excluding hydrogens is 386 g/mol. The number of fused-ring (bicyclic) bond motifs is 1. The fourth-order valence-electron chi connectivity index (χ4n) is 2.72. The Bertz CT molecular complexity index is 789. The van der Waals surface area contributed by atoms with Gasteiger partial charge in [0.15, 0.2) is 0 Å². The van der Waals surface area contributed by atoms with E-state index in [0.29, 0.717) is 0 Å². The number of carbonyl (C=O) groups is 2. The van der Waals surface area contributed by atoms with Gasteiger partial charge in [-0.15, -0.1) is 11.3 Å². The fraction of sp³-hybridized carbons (Fsp3) is 0.300. The molecule has 27 heavy (non-hydrogen) atoms. The number of hydrogen-bond acceptors (Lipinski definition) is 4. The molecule has 0 saturated carbocycles. The highest BCUT2D eigenvalue weighted by Crippen LogP contribution is 2.28. The number of carboxylic acids is 2. The number of benzene rings is 1. The maximum atomic E-state index is 9.64. The summed E-state index contributed by atoms with van der Waals surface area (Å²) in [6.07, 6.45) is 5.87. The van der Waals surface area contributed by atoms with Gasteiger partial charge in [-0.25, -0.2) is 0 Å². The molecule has 3 N–H and O–H groups in total. The average molecular weight is 408 g/mol. The maximum absolute atomic E-state index is 9.64. The van der Waals surface area contributed by atoms with Gasteiger partial charge >= 0.3 is 11.9 Å². The molecule has 3 rings (SSSR count). The van der Waals surface area contributed by atoms with Gasteiger partial charge in [-0.3, -0.25) is 9.59 Å². The van der Waals surface area contributed by atoms with E-state index in [9.17, 15) is 9.59 Å². The van der Waals surface area contributed by atoms with Crippen molar-refractivity contribution in [1.29, 1.82) is 0 Å². The Hall–Kier alpha value is -2.15. The quantitative estimate of drug-likeness (QED) is 0.691. The van der Waals surface area contributed by atoms with E-state index in [4.69, 9.17) is 21.8 Å². The van der Waals surface area contributed by atoms with Crippen LogP contribution in [-0.2, 0) is 22.4 Å². The van der Waals surface area contributed by atoms with Crippen molar-refractivity contribution >= 4 is 47.0 Å². The first kappa shape index (κ1) is 21.2. The van der Waals surface area contributed by atoms with E-state index in [1.54, 1.807) is 11.3 Å². The van der Waals surface area contributed by atoms with Crippen molar-refractivity contribution in [2.24, 2.45) is 0 Å².